The summed E-state index contributed by atoms with van der Waals surface area (Å²) in [5.74, 6) is -0.371. The molecule has 0 radical (unpaired) electrons. The third kappa shape index (κ3) is 4.14. The number of piperidine rings is 1. The van der Waals surface area contributed by atoms with E-state index in [-0.39, 0.29) is 35.7 Å². The minimum absolute atomic E-state index is 0.0121. The molecule has 162 valence electrons. The average Bonchev–Trinajstić information content (AvgIpc) is 3.15. The molecule has 30 heavy (non-hydrogen) atoms. The number of ether oxygens (including phenoxy) is 1. The minimum atomic E-state index is -0.408. The van der Waals surface area contributed by atoms with E-state index in [2.05, 4.69) is 18.8 Å². The van der Waals surface area contributed by atoms with E-state index < -0.39 is 5.82 Å². The van der Waals surface area contributed by atoms with Crippen LogP contribution in [0.4, 0.5) is 4.39 Å². The van der Waals surface area contributed by atoms with Crippen LogP contribution in [0.2, 0.25) is 0 Å². The monoisotopic (exact) mass is 415 g/mol. The lowest BCUT2D eigenvalue weighted by molar-refractivity contribution is -0.137. The number of hydrogen-bond acceptors (Lipinski definition) is 4. The average molecular weight is 416 g/mol. The van der Waals surface area contributed by atoms with Crippen molar-refractivity contribution < 1.29 is 18.7 Å². The Labute approximate surface area is 177 Å². The van der Waals surface area contributed by atoms with Crippen LogP contribution in [0.3, 0.4) is 0 Å². The van der Waals surface area contributed by atoms with Gasteiger partial charge in [-0.1, -0.05) is 6.08 Å². The Morgan fingerprint density at radius 1 is 1.33 bits per heavy atom. The molecule has 0 aliphatic carbocycles. The van der Waals surface area contributed by atoms with Crippen molar-refractivity contribution in [3.05, 3.63) is 47.8 Å². The van der Waals surface area contributed by atoms with Crippen LogP contribution in [0, 0.1) is 11.7 Å². The first-order valence-corrected chi connectivity index (χ1v) is 10.8. The quantitative estimate of drug-likeness (QED) is 0.749. The molecule has 1 aromatic rings. The molecule has 3 aliphatic heterocycles. The van der Waals surface area contributed by atoms with Crippen LogP contribution in [-0.2, 0) is 9.53 Å². The number of amides is 2. The lowest BCUT2D eigenvalue weighted by atomic mass is 9.77. The smallest absolute Gasteiger partial charge is 0.254 e. The zero-order valence-electron chi connectivity index (χ0n) is 17.5. The molecule has 3 heterocycles. The van der Waals surface area contributed by atoms with Crippen LogP contribution < -0.4 is 5.32 Å². The number of carbonyl (C=O) groups excluding carboxylic acids is 2. The molecular formula is C23H30FN3O3. The second-order valence-corrected chi connectivity index (χ2v) is 8.59. The van der Waals surface area contributed by atoms with Crippen LogP contribution in [0.25, 0.3) is 0 Å². The Morgan fingerprint density at radius 2 is 2.10 bits per heavy atom. The highest BCUT2D eigenvalue weighted by Gasteiger charge is 2.47. The van der Waals surface area contributed by atoms with Crippen LogP contribution in [0.5, 0.6) is 0 Å². The predicted octanol–water partition coefficient (Wildman–Crippen LogP) is 2.17. The molecule has 2 amide bonds. The highest BCUT2D eigenvalue weighted by Crippen LogP contribution is 2.40. The van der Waals surface area contributed by atoms with Crippen molar-refractivity contribution in [1.29, 1.82) is 0 Å². The van der Waals surface area contributed by atoms with Gasteiger partial charge in [0.2, 0.25) is 5.91 Å². The SMILES string of the molecule is C=CCCN1CC(c2cc(F)cc(C(=O)N3CCOCC3)c2)C2CC(C)NC2C1=O. The Hall–Kier alpha value is -2.25. The number of carbonyl (C=O) groups is 2. The van der Waals surface area contributed by atoms with Gasteiger partial charge in [0.1, 0.15) is 5.82 Å². The molecule has 7 heteroatoms. The van der Waals surface area contributed by atoms with E-state index in [1.807, 2.05) is 11.0 Å². The van der Waals surface area contributed by atoms with Crippen molar-refractivity contribution in [1.82, 2.24) is 15.1 Å². The zero-order valence-corrected chi connectivity index (χ0v) is 17.5. The van der Waals surface area contributed by atoms with E-state index in [1.165, 1.54) is 12.1 Å². The molecule has 3 fully saturated rings. The van der Waals surface area contributed by atoms with Gasteiger partial charge in [0.15, 0.2) is 0 Å². The lowest BCUT2D eigenvalue weighted by Gasteiger charge is -2.40. The highest BCUT2D eigenvalue weighted by molar-refractivity contribution is 5.94. The first-order valence-electron chi connectivity index (χ1n) is 10.8. The minimum Gasteiger partial charge on any atom is -0.378 e. The van der Waals surface area contributed by atoms with Crippen molar-refractivity contribution >= 4 is 11.8 Å². The van der Waals surface area contributed by atoms with Gasteiger partial charge in [-0.3, -0.25) is 9.59 Å². The first kappa shape index (κ1) is 21.0. The summed E-state index contributed by atoms with van der Waals surface area (Å²) in [5, 5.41) is 3.42. The third-order valence-corrected chi connectivity index (χ3v) is 6.53. The Morgan fingerprint density at radius 3 is 2.83 bits per heavy atom. The molecule has 4 atom stereocenters. The number of hydrogen-bond donors (Lipinski definition) is 1. The number of morpholine rings is 1. The molecule has 6 nitrogen and oxygen atoms in total. The maximum atomic E-state index is 14.6. The molecule has 0 aromatic heterocycles. The molecule has 3 aliphatic rings. The number of halogens is 1. The fraction of sp³-hybridized carbons (Fsp3) is 0.565. The summed E-state index contributed by atoms with van der Waals surface area (Å²) in [7, 11) is 0. The van der Waals surface area contributed by atoms with Crippen molar-refractivity contribution in [3.63, 3.8) is 0 Å². The number of rotatable bonds is 5. The largest absolute Gasteiger partial charge is 0.378 e. The standard InChI is InChI=1S/C23H30FN3O3/c1-3-4-5-27-14-20(19-10-15(2)25-21(19)23(27)29)16-11-17(13-18(24)12-16)22(28)26-6-8-30-9-7-26/h3,11-13,15,19-21,25H,1,4-10,14H2,2H3. The number of nitrogens with one attached hydrogen (secondary N) is 1. The van der Waals surface area contributed by atoms with Gasteiger partial charge in [-0.25, -0.2) is 4.39 Å². The molecular weight excluding hydrogens is 385 g/mol. The summed E-state index contributed by atoms with van der Waals surface area (Å²) in [4.78, 5) is 29.5. The second kappa shape index (κ2) is 8.86. The van der Waals surface area contributed by atoms with Crippen LogP contribution >= 0.6 is 0 Å². The molecule has 1 N–H and O–H groups in total. The number of benzene rings is 1. The maximum absolute atomic E-state index is 14.6. The molecule has 0 spiro atoms. The molecule has 0 saturated carbocycles. The van der Waals surface area contributed by atoms with E-state index in [4.69, 9.17) is 4.74 Å². The Kier molecular flexibility index (Phi) is 6.20. The molecule has 4 unspecified atom stereocenters. The van der Waals surface area contributed by atoms with E-state index in [1.54, 1.807) is 11.0 Å². The van der Waals surface area contributed by atoms with E-state index in [9.17, 15) is 14.0 Å². The summed E-state index contributed by atoms with van der Waals surface area (Å²) in [6, 6.07) is 4.65. The van der Waals surface area contributed by atoms with Gasteiger partial charge in [-0.05, 0) is 49.4 Å². The van der Waals surface area contributed by atoms with Crippen molar-refractivity contribution in [2.45, 2.75) is 37.8 Å². The summed E-state index contributed by atoms with van der Waals surface area (Å²) in [6.07, 6.45) is 3.38. The summed E-state index contributed by atoms with van der Waals surface area (Å²) in [6.45, 7) is 9.02. The van der Waals surface area contributed by atoms with Crippen LogP contribution in [-0.4, -0.2) is 73.1 Å². The Balaban J connectivity index is 1.63. The number of nitrogens with zero attached hydrogens (tertiary/aromatic N) is 2. The van der Waals surface area contributed by atoms with Gasteiger partial charge < -0.3 is 19.9 Å². The van der Waals surface area contributed by atoms with Crippen molar-refractivity contribution in [2.75, 3.05) is 39.4 Å². The lowest BCUT2D eigenvalue weighted by Crippen LogP contribution is -2.55. The molecule has 4 rings (SSSR count). The fourth-order valence-corrected chi connectivity index (χ4v) is 5.05. The van der Waals surface area contributed by atoms with Gasteiger partial charge >= 0.3 is 0 Å². The summed E-state index contributed by atoms with van der Waals surface area (Å²) >= 11 is 0. The van der Waals surface area contributed by atoms with Gasteiger partial charge in [-0.15, -0.1) is 6.58 Å². The molecule has 3 saturated heterocycles. The predicted molar refractivity (Wildman–Crippen MR) is 112 cm³/mol. The van der Waals surface area contributed by atoms with E-state index in [0.29, 0.717) is 45.0 Å². The van der Waals surface area contributed by atoms with Gasteiger partial charge in [0.05, 0.1) is 19.3 Å². The fourth-order valence-electron chi connectivity index (χ4n) is 5.05. The van der Waals surface area contributed by atoms with Crippen LogP contribution in [0.1, 0.15) is 41.6 Å². The summed E-state index contributed by atoms with van der Waals surface area (Å²) < 4.78 is 19.9. The van der Waals surface area contributed by atoms with E-state index >= 15 is 0 Å². The van der Waals surface area contributed by atoms with Crippen molar-refractivity contribution in [3.8, 4) is 0 Å². The number of likely N-dealkylation sites (tertiary alicyclic amines) is 1. The molecule has 0 bridgehead atoms. The zero-order chi connectivity index (χ0) is 21.3. The van der Waals surface area contributed by atoms with Gasteiger partial charge in [0, 0.05) is 43.7 Å². The van der Waals surface area contributed by atoms with E-state index in [0.717, 1.165) is 18.4 Å². The number of fused-ring (bicyclic) bond motifs is 1. The Bertz CT molecular complexity index is 824. The van der Waals surface area contributed by atoms with Gasteiger partial charge in [0.25, 0.3) is 5.91 Å². The topological polar surface area (TPSA) is 61.9 Å². The van der Waals surface area contributed by atoms with Crippen LogP contribution in [0.15, 0.2) is 30.9 Å². The van der Waals surface area contributed by atoms with Gasteiger partial charge in [-0.2, -0.15) is 0 Å². The van der Waals surface area contributed by atoms with Crippen molar-refractivity contribution in [2.24, 2.45) is 5.92 Å². The maximum Gasteiger partial charge on any atom is 0.254 e. The first-order chi connectivity index (χ1) is 14.5. The second-order valence-electron chi connectivity index (χ2n) is 8.59. The third-order valence-electron chi connectivity index (χ3n) is 6.53. The normalized spacial score (nSPS) is 29.1. The summed E-state index contributed by atoms with van der Waals surface area (Å²) in [5.41, 5.74) is 1.17. The molecule has 1 aromatic carbocycles. The highest BCUT2D eigenvalue weighted by atomic mass is 19.1.